The lowest BCUT2D eigenvalue weighted by Crippen LogP contribution is -2.57. The average Bonchev–Trinajstić information content (AvgIpc) is 3.32. The first-order valence-corrected chi connectivity index (χ1v) is 15.1. The Kier molecular flexibility index (Phi) is 9.60. The average molecular weight is 582 g/mol. The predicted octanol–water partition coefficient (Wildman–Crippen LogP) is 1.46. The van der Waals surface area contributed by atoms with Crippen molar-refractivity contribution in [1.82, 2.24) is 25.8 Å². The van der Waals surface area contributed by atoms with Crippen LogP contribution < -0.4 is 16.0 Å². The molecule has 0 bridgehead atoms. The summed E-state index contributed by atoms with van der Waals surface area (Å²) in [7, 11) is 0. The minimum atomic E-state index is -0.949. The quantitative estimate of drug-likeness (QED) is 0.262. The fourth-order valence-electron chi connectivity index (χ4n) is 5.98. The maximum Gasteiger partial charge on any atom is 0.243 e. The van der Waals surface area contributed by atoms with Gasteiger partial charge in [0.05, 0.1) is 32.4 Å². The number of fused-ring (bicyclic) bond motifs is 1. The van der Waals surface area contributed by atoms with Gasteiger partial charge >= 0.3 is 0 Å². The number of carbonyl (C=O) groups excluding carboxylic acids is 4. The molecule has 3 amide bonds. The van der Waals surface area contributed by atoms with Crippen LogP contribution in [0.4, 0.5) is 0 Å². The number of aromatic nitrogens is 1. The highest BCUT2D eigenvalue weighted by Crippen LogP contribution is 2.33. The molecular weight excluding hydrogens is 538 g/mol. The van der Waals surface area contributed by atoms with Gasteiger partial charge < -0.3 is 30.4 Å². The highest BCUT2D eigenvalue weighted by atomic mass is 16.6. The number of carbonyl (C=O) groups is 4. The van der Waals surface area contributed by atoms with E-state index in [4.69, 9.17) is 9.47 Å². The van der Waals surface area contributed by atoms with Crippen molar-refractivity contribution >= 4 is 34.4 Å². The topological polar surface area (TPSA) is 145 Å². The number of Topliss-reactive ketones (excluding diaryl/α,β-unsaturated/α-hetero) is 1. The van der Waals surface area contributed by atoms with Crippen LogP contribution in [-0.4, -0.2) is 96.6 Å². The molecule has 1 aromatic carbocycles. The second-order valence-corrected chi connectivity index (χ2v) is 12.2. The van der Waals surface area contributed by atoms with Crippen LogP contribution in [0, 0.1) is 5.92 Å². The monoisotopic (exact) mass is 581 g/mol. The lowest BCUT2D eigenvalue weighted by Gasteiger charge is -2.27. The van der Waals surface area contributed by atoms with Crippen LogP contribution in [0.25, 0.3) is 10.9 Å². The minimum Gasteiger partial charge on any atom is -0.379 e. The molecule has 2 aromatic rings. The number of ketones is 1. The van der Waals surface area contributed by atoms with E-state index in [2.05, 4.69) is 20.9 Å². The summed E-state index contributed by atoms with van der Waals surface area (Å²) in [5.41, 5.74) is 0.910. The molecule has 11 nitrogen and oxygen atoms in total. The van der Waals surface area contributed by atoms with Gasteiger partial charge in [-0.05, 0) is 49.3 Å². The fourth-order valence-corrected chi connectivity index (χ4v) is 5.98. The van der Waals surface area contributed by atoms with Crippen LogP contribution in [0.2, 0.25) is 0 Å². The molecule has 3 heterocycles. The van der Waals surface area contributed by atoms with E-state index in [0.29, 0.717) is 45.2 Å². The van der Waals surface area contributed by atoms with Crippen molar-refractivity contribution in [3.63, 3.8) is 0 Å². The van der Waals surface area contributed by atoms with Gasteiger partial charge in [0.2, 0.25) is 17.7 Å². The standard InChI is InChI=1S/C31H43N5O6/c1-20(33-27(37)18-36-11-13-41-14-12-36)29(39)35-26(17-22-7-8-23-9-10-32-24(23)16-22)30(40)34-25(15-21-5-3-4-6-21)28(38)31(2)19-42-31/h7-10,16,20-21,25-26,32H,3-6,11-15,17-19H2,1-2H3,(H,33,37)(H,34,40)(H,35,39). The van der Waals surface area contributed by atoms with Crippen LogP contribution in [0.5, 0.6) is 0 Å². The smallest absolute Gasteiger partial charge is 0.243 e. The normalized spacial score (nSPS) is 23.2. The zero-order chi connectivity index (χ0) is 29.7. The zero-order valence-electron chi connectivity index (χ0n) is 24.6. The Bertz CT molecular complexity index is 1280. The molecule has 228 valence electrons. The second-order valence-electron chi connectivity index (χ2n) is 12.2. The van der Waals surface area contributed by atoms with Crippen molar-refractivity contribution in [2.24, 2.45) is 5.92 Å². The van der Waals surface area contributed by atoms with Crippen molar-refractivity contribution in [3.8, 4) is 0 Å². The molecule has 5 rings (SSSR count). The number of H-pyrrole nitrogens is 1. The number of epoxide rings is 1. The minimum absolute atomic E-state index is 0.121. The van der Waals surface area contributed by atoms with Crippen molar-refractivity contribution in [2.75, 3.05) is 39.5 Å². The SMILES string of the molecule is CC(NC(=O)CN1CCOCC1)C(=O)NC(Cc1ccc2cc[nH]c2c1)C(=O)NC(CC1CCCC1)C(=O)C1(C)CO1. The van der Waals surface area contributed by atoms with Crippen molar-refractivity contribution in [1.29, 1.82) is 0 Å². The van der Waals surface area contributed by atoms with E-state index in [1.807, 2.05) is 35.4 Å². The fraction of sp³-hybridized carbons (Fsp3) is 0.613. The number of benzene rings is 1. The third kappa shape index (κ3) is 7.76. The summed E-state index contributed by atoms with van der Waals surface area (Å²) < 4.78 is 10.8. The van der Waals surface area contributed by atoms with Gasteiger partial charge in [0.1, 0.15) is 17.7 Å². The molecule has 3 aliphatic rings. The molecule has 1 saturated carbocycles. The number of aromatic amines is 1. The third-order valence-electron chi connectivity index (χ3n) is 8.71. The van der Waals surface area contributed by atoms with Crippen molar-refractivity contribution < 1.29 is 28.7 Å². The number of nitrogens with one attached hydrogen (secondary N) is 4. The predicted molar refractivity (Wildman–Crippen MR) is 157 cm³/mol. The Hall–Kier alpha value is -3.28. The molecule has 0 radical (unpaired) electrons. The Morgan fingerprint density at radius 3 is 2.45 bits per heavy atom. The van der Waals surface area contributed by atoms with Gasteiger partial charge in [-0.3, -0.25) is 24.1 Å². The van der Waals surface area contributed by atoms with Crippen LogP contribution in [0.1, 0.15) is 51.5 Å². The molecule has 0 spiro atoms. The maximum absolute atomic E-state index is 13.8. The van der Waals surface area contributed by atoms with Crippen molar-refractivity contribution in [2.45, 2.75) is 76.1 Å². The first kappa shape index (κ1) is 30.2. The molecule has 3 fully saturated rings. The van der Waals surface area contributed by atoms with Gasteiger partial charge in [-0.2, -0.15) is 0 Å². The Morgan fingerprint density at radius 2 is 1.74 bits per heavy atom. The van der Waals surface area contributed by atoms with E-state index >= 15 is 0 Å². The summed E-state index contributed by atoms with van der Waals surface area (Å²) >= 11 is 0. The third-order valence-corrected chi connectivity index (χ3v) is 8.71. The van der Waals surface area contributed by atoms with E-state index in [9.17, 15) is 19.2 Å². The zero-order valence-corrected chi connectivity index (χ0v) is 24.6. The van der Waals surface area contributed by atoms with E-state index < -0.39 is 35.5 Å². The summed E-state index contributed by atoms with van der Waals surface area (Å²) in [5.74, 6) is -0.918. The first-order valence-electron chi connectivity index (χ1n) is 15.1. The lowest BCUT2D eigenvalue weighted by atomic mass is 9.90. The van der Waals surface area contributed by atoms with Gasteiger partial charge in [0.25, 0.3) is 0 Å². The highest BCUT2D eigenvalue weighted by Gasteiger charge is 2.50. The summed E-state index contributed by atoms with van der Waals surface area (Å²) in [6, 6.07) is 5.32. The van der Waals surface area contributed by atoms with Gasteiger partial charge in [0, 0.05) is 31.2 Å². The molecule has 4 atom stereocenters. The molecule has 2 saturated heterocycles. The molecule has 1 aromatic heterocycles. The summed E-state index contributed by atoms with van der Waals surface area (Å²) in [5, 5.41) is 9.63. The van der Waals surface area contributed by atoms with Gasteiger partial charge in [-0.25, -0.2) is 0 Å². The number of rotatable bonds is 13. The molecule has 1 aliphatic carbocycles. The number of nitrogens with zero attached hydrogens (tertiary/aromatic N) is 1. The van der Waals surface area contributed by atoms with Gasteiger partial charge in [-0.1, -0.05) is 37.8 Å². The molecule has 42 heavy (non-hydrogen) atoms. The van der Waals surface area contributed by atoms with Crippen LogP contribution in [0.15, 0.2) is 30.5 Å². The number of hydrogen-bond donors (Lipinski definition) is 4. The molecule has 2 aliphatic heterocycles. The van der Waals surface area contributed by atoms with Gasteiger partial charge in [0.15, 0.2) is 5.78 Å². The lowest BCUT2D eigenvalue weighted by molar-refractivity contribution is -0.134. The van der Waals surface area contributed by atoms with Crippen LogP contribution in [0.3, 0.4) is 0 Å². The van der Waals surface area contributed by atoms with Crippen LogP contribution in [-0.2, 0) is 35.1 Å². The van der Waals surface area contributed by atoms with E-state index in [1.54, 1.807) is 13.8 Å². The Morgan fingerprint density at radius 1 is 1.02 bits per heavy atom. The Balaban J connectivity index is 1.28. The number of morpholine rings is 1. The van der Waals surface area contributed by atoms with Crippen LogP contribution >= 0.6 is 0 Å². The second kappa shape index (κ2) is 13.4. The first-order chi connectivity index (χ1) is 20.2. The largest absolute Gasteiger partial charge is 0.379 e. The number of amides is 3. The number of hydrogen-bond acceptors (Lipinski definition) is 7. The molecular formula is C31H43N5O6. The highest BCUT2D eigenvalue weighted by molar-refractivity contribution is 5.98. The molecule has 4 unspecified atom stereocenters. The van der Waals surface area contributed by atoms with E-state index in [1.165, 1.54) is 0 Å². The van der Waals surface area contributed by atoms with Crippen molar-refractivity contribution in [3.05, 3.63) is 36.0 Å². The summed E-state index contributed by atoms with van der Waals surface area (Å²) in [4.78, 5) is 58.2. The van der Waals surface area contributed by atoms with Gasteiger partial charge in [-0.15, -0.1) is 0 Å². The molecule has 11 heteroatoms. The summed E-state index contributed by atoms with van der Waals surface area (Å²) in [6.07, 6.45) is 6.96. The number of ether oxygens (including phenoxy) is 2. The summed E-state index contributed by atoms with van der Waals surface area (Å²) in [6.45, 7) is 6.35. The van der Waals surface area contributed by atoms with E-state index in [-0.39, 0.29) is 24.7 Å². The van der Waals surface area contributed by atoms with E-state index in [0.717, 1.165) is 42.1 Å². The maximum atomic E-state index is 13.8. The Labute approximate surface area is 246 Å². The molecule has 4 N–H and O–H groups in total.